The molecule has 22 heavy (non-hydrogen) atoms. The van der Waals surface area contributed by atoms with Gasteiger partial charge in [-0.05, 0) is 36.3 Å². The van der Waals surface area contributed by atoms with Gasteiger partial charge >= 0.3 is 0 Å². The molecule has 0 bridgehead atoms. The average Bonchev–Trinajstić information content (AvgIpc) is 2.59. The van der Waals surface area contributed by atoms with E-state index in [2.05, 4.69) is 59.4 Å². The Morgan fingerprint density at radius 2 is 1.82 bits per heavy atom. The van der Waals surface area contributed by atoms with Crippen molar-refractivity contribution in [3.63, 3.8) is 0 Å². The van der Waals surface area contributed by atoms with E-state index in [-0.39, 0.29) is 0 Å². The molecule has 0 saturated carbocycles. The fraction of sp³-hybridized carbons (Fsp3) is 0.333. The van der Waals surface area contributed by atoms with Crippen molar-refractivity contribution in [2.75, 3.05) is 18.4 Å². The van der Waals surface area contributed by atoms with Crippen LogP contribution in [0.5, 0.6) is 0 Å². The molecule has 0 aliphatic heterocycles. The van der Waals surface area contributed by atoms with Gasteiger partial charge in [0.15, 0.2) is 0 Å². The molecule has 0 saturated heterocycles. The van der Waals surface area contributed by atoms with Gasteiger partial charge in [0.2, 0.25) is 0 Å². The van der Waals surface area contributed by atoms with Crippen molar-refractivity contribution in [3.8, 4) is 6.07 Å². The molecule has 4 heteroatoms. The van der Waals surface area contributed by atoms with Crippen molar-refractivity contribution in [1.82, 2.24) is 9.88 Å². The Labute approximate surface area is 132 Å². The minimum Gasteiger partial charge on any atom is -0.366 e. The minimum absolute atomic E-state index is 0.576. The molecule has 0 amide bonds. The van der Waals surface area contributed by atoms with Crippen LogP contribution in [0.4, 0.5) is 5.82 Å². The highest BCUT2D eigenvalue weighted by molar-refractivity contribution is 5.40. The third-order valence-electron chi connectivity index (χ3n) is 3.76. The van der Waals surface area contributed by atoms with E-state index in [9.17, 15) is 0 Å². The quantitative estimate of drug-likeness (QED) is 0.850. The van der Waals surface area contributed by atoms with Gasteiger partial charge in [0.25, 0.3) is 0 Å². The smallest absolute Gasteiger partial charge is 0.126 e. The third-order valence-corrected chi connectivity index (χ3v) is 3.76. The Hall–Kier alpha value is -2.38. The van der Waals surface area contributed by atoms with Gasteiger partial charge in [-0.25, -0.2) is 4.98 Å². The number of anilines is 1. The first kappa shape index (κ1) is 16.0. The molecule has 0 atom stereocenters. The maximum Gasteiger partial charge on any atom is 0.126 e. The number of hydrogen-bond acceptors (Lipinski definition) is 4. The van der Waals surface area contributed by atoms with Crippen molar-refractivity contribution in [3.05, 3.63) is 59.3 Å². The first-order valence-corrected chi connectivity index (χ1v) is 7.66. The maximum absolute atomic E-state index is 8.79. The molecule has 4 nitrogen and oxygen atoms in total. The van der Waals surface area contributed by atoms with Crippen LogP contribution in [0.2, 0.25) is 0 Å². The summed E-state index contributed by atoms with van der Waals surface area (Å²) < 4.78 is 0. The van der Waals surface area contributed by atoms with Gasteiger partial charge in [0.05, 0.1) is 5.56 Å². The summed E-state index contributed by atoms with van der Waals surface area (Å²) in [6.45, 7) is 8.17. The van der Waals surface area contributed by atoms with Crippen molar-refractivity contribution in [2.45, 2.75) is 26.9 Å². The molecule has 0 fully saturated rings. The zero-order valence-corrected chi connectivity index (χ0v) is 13.2. The summed E-state index contributed by atoms with van der Waals surface area (Å²) in [5, 5.41) is 12.1. The summed E-state index contributed by atoms with van der Waals surface area (Å²) in [5.74, 6) is 0.789. The van der Waals surface area contributed by atoms with Gasteiger partial charge in [-0.1, -0.05) is 38.1 Å². The molecule has 1 aromatic heterocycles. The van der Waals surface area contributed by atoms with Gasteiger partial charge in [-0.2, -0.15) is 5.26 Å². The Balaban J connectivity index is 2.04. The van der Waals surface area contributed by atoms with E-state index >= 15 is 0 Å². The lowest BCUT2D eigenvalue weighted by molar-refractivity contribution is 0.295. The van der Waals surface area contributed by atoms with Crippen molar-refractivity contribution in [1.29, 1.82) is 5.26 Å². The van der Waals surface area contributed by atoms with Crippen LogP contribution in [0.15, 0.2) is 42.6 Å². The summed E-state index contributed by atoms with van der Waals surface area (Å²) in [6.07, 6.45) is 1.59. The number of hydrogen-bond donors (Lipinski definition) is 1. The van der Waals surface area contributed by atoms with E-state index in [1.165, 1.54) is 11.1 Å². The van der Waals surface area contributed by atoms with E-state index in [1.54, 1.807) is 12.3 Å². The Kier molecular flexibility index (Phi) is 5.93. The fourth-order valence-corrected chi connectivity index (χ4v) is 2.32. The molecule has 0 aliphatic carbocycles. The van der Waals surface area contributed by atoms with Gasteiger partial charge in [-0.15, -0.1) is 0 Å². The lowest BCUT2D eigenvalue weighted by Gasteiger charge is -2.20. The number of nitrogens with zero attached hydrogens (tertiary/aromatic N) is 3. The molecule has 0 unspecified atom stereocenters. The number of nitrogens with one attached hydrogen (secondary N) is 1. The fourth-order valence-electron chi connectivity index (χ4n) is 2.32. The van der Waals surface area contributed by atoms with Crippen LogP contribution in [-0.2, 0) is 13.1 Å². The Morgan fingerprint density at radius 3 is 2.41 bits per heavy atom. The molecule has 1 aromatic carbocycles. The molecule has 1 N–H and O–H groups in total. The van der Waals surface area contributed by atoms with Gasteiger partial charge in [0, 0.05) is 19.3 Å². The summed E-state index contributed by atoms with van der Waals surface area (Å²) in [6, 6.07) is 14.2. The molecule has 2 rings (SSSR count). The second-order valence-corrected chi connectivity index (χ2v) is 5.13. The number of rotatable bonds is 7. The van der Waals surface area contributed by atoms with E-state index < -0.39 is 0 Å². The van der Waals surface area contributed by atoms with Gasteiger partial charge in [-0.3, -0.25) is 4.90 Å². The number of pyridine rings is 1. The molecule has 114 valence electrons. The standard InChI is InChI=1S/C18H22N4/c1-3-22(4-2)14-17-8-6-5-7-16(17)13-21-18-10-9-15(11-19)12-20-18/h5-10,12H,3-4,13-14H2,1-2H3,(H,20,21). The lowest BCUT2D eigenvalue weighted by atomic mass is 10.1. The summed E-state index contributed by atoms with van der Waals surface area (Å²) in [7, 11) is 0. The van der Waals surface area contributed by atoms with Crippen LogP contribution >= 0.6 is 0 Å². The van der Waals surface area contributed by atoms with Crippen LogP contribution in [0.25, 0.3) is 0 Å². The highest BCUT2D eigenvalue weighted by Gasteiger charge is 2.06. The first-order valence-electron chi connectivity index (χ1n) is 7.66. The average molecular weight is 294 g/mol. The van der Waals surface area contributed by atoms with Crippen LogP contribution < -0.4 is 5.32 Å². The highest BCUT2D eigenvalue weighted by atomic mass is 15.1. The topological polar surface area (TPSA) is 52.0 Å². The van der Waals surface area contributed by atoms with Gasteiger partial charge < -0.3 is 5.32 Å². The predicted octanol–water partition coefficient (Wildman–Crippen LogP) is 3.41. The maximum atomic E-state index is 8.79. The Morgan fingerprint density at radius 1 is 1.09 bits per heavy atom. The van der Waals surface area contributed by atoms with E-state index in [1.807, 2.05) is 6.07 Å². The summed E-state index contributed by atoms with van der Waals surface area (Å²) in [5.41, 5.74) is 3.19. The van der Waals surface area contributed by atoms with Gasteiger partial charge in [0.1, 0.15) is 11.9 Å². The first-order chi connectivity index (χ1) is 10.8. The minimum atomic E-state index is 0.576. The van der Waals surface area contributed by atoms with Crippen molar-refractivity contribution < 1.29 is 0 Å². The number of nitriles is 1. The van der Waals surface area contributed by atoms with Crippen LogP contribution in [0.1, 0.15) is 30.5 Å². The molecule has 0 radical (unpaired) electrons. The summed E-state index contributed by atoms with van der Waals surface area (Å²) >= 11 is 0. The lowest BCUT2D eigenvalue weighted by Crippen LogP contribution is -2.23. The van der Waals surface area contributed by atoms with E-state index in [0.29, 0.717) is 5.56 Å². The molecule has 0 aliphatic rings. The monoisotopic (exact) mass is 294 g/mol. The second-order valence-electron chi connectivity index (χ2n) is 5.13. The largest absolute Gasteiger partial charge is 0.366 e. The Bertz CT molecular complexity index is 624. The normalized spacial score (nSPS) is 10.5. The van der Waals surface area contributed by atoms with Crippen LogP contribution in [0.3, 0.4) is 0 Å². The second kappa shape index (κ2) is 8.16. The number of aromatic nitrogens is 1. The zero-order valence-electron chi connectivity index (χ0n) is 13.2. The van der Waals surface area contributed by atoms with Crippen LogP contribution in [0, 0.1) is 11.3 Å². The molecule has 0 spiro atoms. The molecular formula is C18H22N4. The SMILES string of the molecule is CCN(CC)Cc1ccccc1CNc1ccc(C#N)cn1. The molecule has 2 aromatic rings. The van der Waals surface area contributed by atoms with Crippen molar-refractivity contribution in [2.24, 2.45) is 0 Å². The van der Waals surface area contributed by atoms with Crippen molar-refractivity contribution >= 4 is 5.82 Å². The highest BCUT2D eigenvalue weighted by Crippen LogP contribution is 2.14. The molecular weight excluding hydrogens is 272 g/mol. The van der Waals surface area contributed by atoms with E-state index in [4.69, 9.17) is 5.26 Å². The third kappa shape index (κ3) is 4.31. The zero-order chi connectivity index (χ0) is 15.8. The van der Waals surface area contributed by atoms with Crippen LogP contribution in [-0.4, -0.2) is 23.0 Å². The number of benzene rings is 1. The van der Waals surface area contributed by atoms with E-state index in [0.717, 1.165) is 32.0 Å². The molecule has 1 heterocycles. The predicted molar refractivity (Wildman–Crippen MR) is 89.3 cm³/mol. The summed E-state index contributed by atoms with van der Waals surface area (Å²) in [4.78, 5) is 6.65.